The van der Waals surface area contributed by atoms with Gasteiger partial charge in [0.05, 0.1) is 18.4 Å². The predicted octanol–water partition coefficient (Wildman–Crippen LogP) is 1.79. The monoisotopic (exact) mass is 341 g/mol. The number of nitrogens with two attached hydrogens (primary N) is 1. The summed E-state index contributed by atoms with van der Waals surface area (Å²) in [6.07, 6.45) is 2.85. The van der Waals surface area contributed by atoms with Gasteiger partial charge in [-0.1, -0.05) is 6.42 Å². The number of benzene rings is 1. The first-order valence-corrected chi connectivity index (χ1v) is 7.51. The average Bonchev–Trinajstić information content (AvgIpc) is 3.03. The van der Waals surface area contributed by atoms with Crippen LogP contribution >= 0.6 is 12.4 Å². The second-order valence-electron chi connectivity index (χ2n) is 5.51. The predicted molar refractivity (Wildman–Crippen MR) is 92.1 cm³/mol. The molecule has 0 aliphatic heterocycles. The van der Waals surface area contributed by atoms with Crippen molar-refractivity contribution in [1.82, 2.24) is 5.32 Å². The maximum Gasteiger partial charge on any atom is 0.253 e. The van der Waals surface area contributed by atoms with Gasteiger partial charge in [0.2, 0.25) is 5.91 Å². The van der Waals surface area contributed by atoms with Crippen molar-refractivity contribution in [3.8, 4) is 5.75 Å². The van der Waals surface area contributed by atoms with Gasteiger partial charge in [-0.3, -0.25) is 9.59 Å². The van der Waals surface area contributed by atoms with E-state index in [1.165, 1.54) is 7.11 Å². The van der Waals surface area contributed by atoms with E-state index in [1.807, 2.05) is 0 Å². The Morgan fingerprint density at radius 1 is 1.35 bits per heavy atom. The smallest absolute Gasteiger partial charge is 0.253 e. The molecule has 0 aromatic heterocycles. The Hall–Kier alpha value is -1.79. The van der Waals surface area contributed by atoms with E-state index >= 15 is 0 Å². The third kappa shape index (κ3) is 4.36. The standard InChI is InChI=1S/C16H23N3O3.ClH/c1-18-15(20)13-8-11(22-2)6-7-14(13)19-16(21)12-5-3-4-10(12)9-17;/h6-8,10,12H,3-5,9,17H2,1-2H3,(H,18,20)(H,19,21);1H/t10-,12-;/m1./s1. The van der Waals surface area contributed by atoms with Crippen LogP contribution in [0, 0.1) is 11.8 Å². The van der Waals surface area contributed by atoms with Gasteiger partial charge in [0, 0.05) is 13.0 Å². The van der Waals surface area contributed by atoms with Crippen LogP contribution in [0.2, 0.25) is 0 Å². The molecule has 4 N–H and O–H groups in total. The second kappa shape index (κ2) is 8.74. The summed E-state index contributed by atoms with van der Waals surface area (Å²) < 4.78 is 5.13. The molecule has 0 saturated heterocycles. The number of methoxy groups -OCH3 is 1. The van der Waals surface area contributed by atoms with Gasteiger partial charge in [0.1, 0.15) is 5.75 Å². The van der Waals surface area contributed by atoms with Gasteiger partial charge in [-0.25, -0.2) is 0 Å². The zero-order valence-electron chi connectivity index (χ0n) is 13.4. The van der Waals surface area contributed by atoms with Crippen molar-refractivity contribution in [3.63, 3.8) is 0 Å². The normalized spacial score (nSPS) is 19.6. The fourth-order valence-electron chi connectivity index (χ4n) is 2.97. The molecule has 2 rings (SSSR count). The molecule has 1 aliphatic carbocycles. The Labute approximate surface area is 142 Å². The summed E-state index contributed by atoms with van der Waals surface area (Å²) in [6.45, 7) is 0.517. The molecule has 0 unspecified atom stereocenters. The molecule has 0 bridgehead atoms. The van der Waals surface area contributed by atoms with Crippen LogP contribution in [-0.4, -0.2) is 32.5 Å². The molecule has 0 radical (unpaired) electrons. The summed E-state index contributed by atoms with van der Waals surface area (Å²) in [6, 6.07) is 5.02. The number of hydrogen-bond acceptors (Lipinski definition) is 4. The molecule has 23 heavy (non-hydrogen) atoms. The van der Waals surface area contributed by atoms with Crippen molar-refractivity contribution < 1.29 is 14.3 Å². The number of amides is 2. The van der Waals surface area contributed by atoms with E-state index in [9.17, 15) is 9.59 Å². The number of nitrogens with one attached hydrogen (secondary N) is 2. The molecule has 1 aromatic rings. The van der Waals surface area contributed by atoms with Gasteiger partial charge < -0.3 is 21.1 Å². The highest BCUT2D eigenvalue weighted by atomic mass is 35.5. The number of hydrogen-bond donors (Lipinski definition) is 3. The number of rotatable bonds is 5. The quantitative estimate of drug-likeness (QED) is 0.761. The third-order valence-corrected chi connectivity index (χ3v) is 4.25. The first-order valence-electron chi connectivity index (χ1n) is 7.51. The Bertz CT molecular complexity index is 566. The topological polar surface area (TPSA) is 93.5 Å². The van der Waals surface area contributed by atoms with E-state index in [0.29, 0.717) is 23.5 Å². The molecular weight excluding hydrogens is 318 g/mol. The van der Waals surface area contributed by atoms with Crippen LogP contribution in [0.5, 0.6) is 5.75 Å². The van der Waals surface area contributed by atoms with Crippen LogP contribution in [0.3, 0.4) is 0 Å². The lowest BCUT2D eigenvalue weighted by Crippen LogP contribution is -2.30. The van der Waals surface area contributed by atoms with E-state index in [1.54, 1.807) is 25.2 Å². The maximum atomic E-state index is 12.5. The van der Waals surface area contributed by atoms with Crippen LogP contribution in [0.15, 0.2) is 18.2 Å². The minimum atomic E-state index is -0.268. The van der Waals surface area contributed by atoms with Gasteiger partial charge in [0.15, 0.2) is 0 Å². The minimum Gasteiger partial charge on any atom is -0.497 e. The molecular formula is C16H24ClN3O3. The highest BCUT2D eigenvalue weighted by Crippen LogP contribution is 2.32. The molecule has 0 heterocycles. The van der Waals surface area contributed by atoms with Crippen LogP contribution < -0.4 is 21.1 Å². The lowest BCUT2D eigenvalue weighted by Gasteiger charge is -2.19. The van der Waals surface area contributed by atoms with E-state index in [2.05, 4.69) is 10.6 Å². The molecule has 2 atom stereocenters. The summed E-state index contributed by atoms with van der Waals surface area (Å²) in [5.74, 6) is 0.378. The van der Waals surface area contributed by atoms with Crippen molar-refractivity contribution in [1.29, 1.82) is 0 Å². The lowest BCUT2D eigenvalue weighted by molar-refractivity contribution is -0.120. The number of anilines is 1. The van der Waals surface area contributed by atoms with Crippen LogP contribution in [0.4, 0.5) is 5.69 Å². The Morgan fingerprint density at radius 2 is 2.09 bits per heavy atom. The van der Waals surface area contributed by atoms with Crippen LogP contribution in [0.25, 0.3) is 0 Å². The van der Waals surface area contributed by atoms with Crippen molar-refractivity contribution in [2.24, 2.45) is 17.6 Å². The van der Waals surface area contributed by atoms with Crippen molar-refractivity contribution >= 4 is 29.9 Å². The number of halogens is 1. The molecule has 6 nitrogen and oxygen atoms in total. The number of ether oxygens (including phenoxy) is 1. The summed E-state index contributed by atoms with van der Waals surface area (Å²) in [7, 11) is 3.08. The summed E-state index contributed by atoms with van der Waals surface area (Å²) in [5, 5.41) is 5.44. The first-order chi connectivity index (χ1) is 10.6. The molecule has 1 fully saturated rings. The van der Waals surface area contributed by atoms with Gasteiger partial charge in [0.25, 0.3) is 5.91 Å². The molecule has 1 aliphatic rings. The van der Waals surface area contributed by atoms with Gasteiger partial charge in [-0.2, -0.15) is 0 Å². The maximum absolute atomic E-state index is 12.5. The molecule has 0 spiro atoms. The fourth-order valence-corrected chi connectivity index (χ4v) is 2.97. The molecule has 128 valence electrons. The van der Waals surface area contributed by atoms with Crippen molar-refractivity contribution in [2.45, 2.75) is 19.3 Å². The summed E-state index contributed by atoms with van der Waals surface area (Å²) in [4.78, 5) is 24.5. The molecule has 7 heteroatoms. The Balaban J connectivity index is 0.00000264. The zero-order chi connectivity index (χ0) is 16.1. The summed E-state index contributed by atoms with van der Waals surface area (Å²) >= 11 is 0. The van der Waals surface area contributed by atoms with Gasteiger partial charge in [-0.15, -0.1) is 12.4 Å². The van der Waals surface area contributed by atoms with E-state index < -0.39 is 0 Å². The van der Waals surface area contributed by atoms with Gasteiger partial charge in [-0.05, 0) is 43.5 Å². The van der Waals surface area contributed by atoms with E-state index in [4.69, 9.17) is 10.5 Å². The SMILES string of the molecule is CNC(=O)c1cc(OC)ccc1NC(=O)[C@@H]1CCC[C@@H]1CN.Cl. The molecule has 1 aromatic carbocycles. The van der Waals surface area contributed by atoms with Crippen LogP contribution in [0.1, 0.15) is 29.6 Å². The fraction of sp³-hybridized carbons (Fsp3) is 0.500. The third-order valence-electron chi connectivity index (χ3n) is 4.25. The number of carbonyl (C=O) groups is 2. The largest absolute Gasteiger partial charge is 0.497 e. The Morgan fingerprint density at radius 3 is 2.70 bits per heavy atom. The highest BCUT2D eigenvalue weighted by Gasteiger charge is 2.32. The van der Waals surface area contributed by atoms with E-state index in [-0.39, 0.29) is 36.1 Å². The highest BCUT2D eigenvalue weighted by molar-refractivity contribution is 6.04. The average molecular weight is 342 g/mol. The Kier molecular flexibility index (Phi) is 7.32. The number of carbonyl (C=O) groups excluding carboxylic acids is 2. The zero-order valence-corrected chi connectivity index (χ0v) is 14.2. The van der Waals surface area contributed by atoms with Gasteiger partial charge >= 0.3 is 0 Å². The second-order valence-corrected chi connectivity index (χ2v) is 5.51. The molecule has 1 saturated carbocycles. The van der Waals surface area contributed by atoms with E-state index in [0.717, 1.165) is 19.3 Å². The minimum absolute atomic E-state index is 0. The van der Waals surface area contributed by atoms with Crippen LogP contribution in [-0.2, 0) is 4.79 Å². The first kappa shape index (κ1) is 19.3. The van der Waals surface area contributed by atoms with Crippen molar-refractivity contribution in [2.75, 3.05) is 26.0 Å². The lowest BCUT2D eigenvalue weighted by atomic mass is 9.95. The summed E-state index contributed by atoms with van der Waals surface area (Å²) in [5.41, 5.74) is 6.61. The molecule has 2 amide bonds. The van der Waals surface area contributed by atoms with Crippen molar-refractivity contribution in [3.05, 3.63) is 23.8 Å².